The van der Waals surface area contributed by atoms with Crippen molar-refractivity contribution in [3.63, 3.8) is 0 Å². The number of furan rings is 1. The Labute approximate surface area is 126 Å². The number of rotatable bonds is 3. The summed E-state index contributed by atoms with van der Waals surface area (Å²) in [5.41, 5.74) is 1.58. The molecule has 3 heterocycles. The minimum absolute atomic E-state index is 0.639. The minimum Gasteiger partial charge on any atom is -0.463 e. The second-order valence-electron chi connectivity index (χ2n) is 5.33. The zero-order valence-corrected chi connectivity index (χ0v) is 12.4. The van der Waals surface area contributed by atoms with Crippen molar-refractivity contribution in [2.24, 2.45) is 0 Å². The summed E-state index contributed by atoms with van der Waals surface area (Å²) in [4.78, 5) is 0. The predicted molar refractivity (Wildman–Crippen MR) is 81.2 cm³/mol. The van der Waals surface area contributed by atoms with E-state index in [0.717, 1.165) is 22.3 Å². The molecule has 1 saturated carbocycles. The number of aromatic nitrogens is 4. The summed E-state index contributed by atoms with van der Waals surface area (Å²) in [5.74, 6) is 0.763. The molecule has 3 aromatic heterocycles. The van der Waals surface area contributed by atoms with Gasteiger partial charge < -0.3 is 4.42 Å². The highest BCUT2D eigenvalue weighted by atomic mass is 32.2. The van der Waals surface area contributed by atoms with E-state index in [0.29, 0.717) is 5.25 Å². The molecule has 0 spiro atoms. The van der Waals surface area contributed by atoms with Gasteiger partial charge >= 0.3 is 0 Å². The molecular formula is C15H16N4OS. The Hall–Kier alpha value is -1.82. The highest BCUT2D eigenvalue weighted by Crippen LogP contribution is 2.32. The number of hydrogen-bond acceptors (Lipinski definition) is 5. The topological polar surface area (TPSA) is 56.2 Å². The minimum atomic E-state index is 0.639. The van der Waals surface area contributed by atoms with Gasteiger partial charge in [-0.1, -0.05) is 31.0 Å². The highest BCUT2D eigenvalue weighted by Gasteiger charge is 2.18. The smallest absolute Gasteiger partial charge is 0.212 e. The monoisotopic (exact) mass is 300 g/mol. The largest absolute Gasteiger partial charge is 0.463 e. The van der Waals surface area contributed by atoms with Crippen LogP contribution in [-0.4, -0.2) is 25.1 Å². The van der Waals surface area contributed by atoms with E-state index in [2.05, 4.69) is 15.3 Å². The van der Waals surface area contributed by atoms with Gasteiger partial charge in [0.1, 0.15) is 5.69 Å². The Morgan fingerprint density at radius 3 is 2.81 bits per heavy atom. The first-order chi connectivity index (χ1) is 10.4. The molecule has 0 unspecified atom stereocenters. The van der Waals surface area contributed by atoms with Crippen LogP contribution >= 0.6 is 11.8 Å². The Balaban J connectivity index is 1.67. The highest BCUT2D eigenvalue weighted by molar-refractivity contribution is 7.99. The molecule has 0 saturated heterocycles. The fourth-order valence-corrected chi connectivity index (χ4v) is 3.92. The molecule has 3 aromatic rings. The van der Waals surface area contributed by atoms with Gasteiger partial charge in [0.05, 0.1) is 6.26 Å². The van der Waals surface area contributed by atoms with Gasteiger partial charge in [-0.15, -0.1) is 10.2 Å². The van der Waals surface area contributed by atoms with Crippen LogP contribution in [-0.2, 0) is 0 Å². The lowest BCUT2D eigenvalue weighted by molar-refractivity contribution is 0.515. The molecule has 0 aromatic carbocycles. The summed E-state index contributed by atoms with van der Waals surface area (Å²) < 4.78 is 7.24. The molecule has 1 aliphatic carbocycles. The fraction of sp³-hybridized carbons (Fsp3) is 0.400. The number of nitrogens with zero attached hydrogens (tertiary/aromatic N) is 4. The summed E-state index contributed by atoms with van der Waals surface area (Å²) in [7, 11) is 0. The van der Waals surface area contributed by atoms with E-state index in [1.54, 1.807) is 18.0 Å². The first-order valence-electron chi connectivity index (χ1n) is 7.33. The summed E-state index contributed by atoms with van der Waals surface area (Å²) >= 11 is 1.80. The van der Waals surface area contributed by atoms with Crippen molar-refractivity contribution in [1.29, 1.82) is 0 Å². The van der Waals surface area contributed by atoms with Gasteiger partial charge in [0.2, 0.25) is 5.16 Å². The van der Waals surface area contributed by atoms with E-state index < -0.39 is 0 Å². The van der Waals surface area contributed by atoms with E-state index in [9.17, 15) is 0 Å². The van der Waals surface area contributed by atoms with Crippen molar-refractivity contribution in [3.8, 4) is 11.5 Å². The normalized spacial score (nSPS) is 16.6. The molecule has 1 fully saturated rings. The summed E-state index contributed by atoms with van der Waals surface area (Å²) in [5, 5.41) is 14.6. The standard InChI is InChI=1S/C15H16N4OS/c1-2-5-11(6-3-1)21-15-17-16-14-9-8-12(18-19(14)15)13-7-4-10-20-13/h4,7-11H,1-3,5-6H2. The third-order valence-electron chi connectivity index (χ3n) is 3.83. The Morgan fingerprint density at radius 1 is 1.10 bits per heavy atom. The molecular weight excluding hydrogens is 284 g/mol. The van der Waals surface area contributed by atoms with E-state index in [1.165, 1.54) is 32.1 Å². The van der Waals surface area contributed by atoms with Crippen LogP contribution < -0.4 is 0 Å². The maximum absolute atomic E-state index is 5.41. The molecule has 0 bridgehead atoms. The average Bonchev–Trinajstić information content (AvgIpc) is 3.18. The Bertz CT molecular complexity index is 731. The average molecular weight is 300 g/mol. The van der Waals surface area contributed by atoms with E-state index in [-0.39, 0.29) is 0 Å². The van der Waals surface area contributed by atoms with E-state index >= 15 is 0 Å². The lowest BCUT2D eigenvalue weighted by atomic mass is 10.0. The zero-order valence-electron chi connectivity index (χ0n) is 11.6. The third kappa shape index (κ3) is 2.55. The molecule has 0 aliphatic heterocycles. The van der Waals surface area contributed by atoms with E-state index in [4.69, 9.17) is 4.42 Å². The quantitative estimate of drug-likeness (QED) is 0.736. The molecule has 0 N–H and O–H groups in total. The van der Waals surface area contributed by atoms with Crippen LogP contribution in [0.25, 0.3) is 17.1 Å². The van der Waals surface area contributed by atoms with Gasteiger partial charge in [-0.05, 0) is 37.1 Å². The lowest BCUT2D eigenvalue weighted by Gasteiger charge is -2.19. The van der Waals surface area contributed by atoms with Crippen LogP contribution in [0.15, 0.2) is 40.1 Å². The SMILES string of the molecule is c1coc(-c2ccc3nnc(SC4CCCCC4)n3n2)c1. The van der Waals surface area contributed by atoms with Gasteiger partial charge in [-0.2, -0.15) is 9.61 Å². The molecule has 21 heavy (non-hydrogen) atoms. The fourth-order valence-electron chi connectivity index (χ4n) is 2.73. The van der Waals surface area contributed by atoms with E-state index in [1.807, 2.05) is 28.8 Å². The van der Waals surface area contributed by atoms with Gasteiger partial charge in [0, 0.05) is 5.25 Å². The van der Waals surface area contributed by atoms with Crippen molar-refractivity contribution in [2.75, 3.05) is 0 Å². The van der Waals surface area contributed by atoms with Crippen molar-refractivity contribution < 1.29 is 4.42 Å². The van der Waals surface area contributed by atoms with Gasteiger partial charge in [0.25, 0.3) is 0 Å². The summed E-state index contributed by atoms with van der Waals surface area (Å²) in [6, 6.07) is 7.62. The third-order valence-corrected chi connectivity index (χ3v) is 5.10. The molecule has 4 rings (SSSR count). The number of fused-ring (bicyclic) bond motifs is 1. The van der Waals surface area contributed by atoms with Gasteiger partial charge in [-0.25, -0.2) is 0 Å². The molecule has 0 amide bonds. The predicted octanol–water partition coefficient (Wildman–Crippen LogP) is 3.81. The van der Waals surface area contributed by atoms with Crippen molar-refractivity contribution >= 4 is 17.4 Å². The summed E-state index contributed by atoms with van der Waals surface area (Å²) in [6.07, 6.45) is 8.18. The first kappa shape index (κ1) is 12.9. The molecule has 5 nitrogen and oxygen atoms in total. The van der Waals surface area contributed by atoms with Gasteiger partial charge in [-0.3, -0.25) is 0 Å². The molecule has 1 aliphatic rings. The number of hydrogen-bond donors (Lipinski definition) is 0. The second-order valence-corrected chi connectivity index (χ2v) is 6.59. The van der Waals surface area contributed by atoms with Crippen LogP contribution in [0.3, 0.4) is 0 Å². The van der Waals surface area contributed by atoms with Crippen LogP contribution in [0.5, 0.6) is 0 Å². The Kier molecular flexibility index (Phi) is 3.39. The molecule has 108 valence electrons. The molecule has 6 heteroatoms. The maximum Gasteiger partial charge on any atom is 0.212 e. The second kappa shape index (κ2) is 5.52. The van der Waals surface area contributed by atoms with Crippen LogP contribution in [0.1, 0.15) is 32.1 Å². The molecule has 0 radical (unpaired) electrons. The zero-order chi connectivity index (χ0) is 14.1. The summed E-state index contributed by atoms with van der Waals surface area (Å²) in [6.45, 7) is 0. The lowest BCUT2D eigenvalue weighted by Crippen LogP contribution is -2.09. The van der Waals surface area contributed by atoms with Gasteiger partial charge in [0.15, 0.2) is 11.4 Å². The van der Waals surface area contributed by atoms with Crippen molar-refractivity contribution in [3.05, 3.63) is 30.5 Å². The van der Waals surface area contributed by atoms with Crippen LogP contribution in [0.4, 0.5) is 0 Å². The van der Waals surface area contributed by atoms with Crippen LogP contribution in [0, 0.1) is 0 Å². The van der Waals surface area contributed by atoms with Crippen LogP contribution in [0.2, 0.25) is 0 Å². The van der Waals surface area contributed by atoms with Crippen molar-refractivity contribution in [1.82, 2.24) is 19.8 Å². The Morgan fingerprint density at radius 2 is 2.00 bits per heavy atom. The first-order valence-corrected chi connectivity index (χ1v) is 8.21. The van der Waals surface area contributed by atoms with Crippen molar-refractivity contribution in [2.45, 2.75) is 42.5 Å². The number of thioether (sulfide) groups is 1. The maximum atomic E-state index is 5.41. The molecule has 0 atom stereocenters.